The molecule has 0 aliphatic carbocycles. The number of hydrogen-bond acceptors (Lipinski definition) is 3. The molecule has 0 aromatic rings. The zero-order chi connectivity index (χ0) is 6.69. The van der Waals surface area contributed by atoms with Crippen LogP contribution in [0.1, 0.15) is 20.3 Å². The molecule has 2 atom stereocenters. The van der Waals surface area contributed by atoms with E-state index < -0.39 is 0 Å². The molecule has 0 aromatic carbocycles. The van der Waals surface area contributed by atoms with Gasteiger partial charge in [-0.25, -0.2) is 9.78 Å². The van der Waals surface area contributed by atoms with Crippen molar-refractivity contribution in [3.05, 3.63) is 0 Å². The number of rotatable bonds is 2. The van der Waals surface area contributed by atoms with Crippen LogP contribution in [0.15, 0.2) is 0 Å². The van der Waals surface area contributed by atoms with E-state index >= 15 is 0 Å². The highest BCUT2D eigenvalue weighted by Gasteiger charge is 2.23. The van der Waals surface area contributed by atoms with Crippen LogP contribution in [-0.4, -0.2) is 19.0 Å². The Morgan fingerprint density at radius 2 is 2.33 bits per heavy atom. The van der Waals surface area contributed by atoms with Gasteiger partial charge in [0.15, 0.2) is 6.29 Å². The van der Waals surface area contributed by atoms with Crippen LogP contribution >= 0.6 is 0 Å². The molecule has 0 spiro atoms. The molecule has 3 nitrogen and oxygen atoms in total. The molecule has 0 saturated carbocycles. The molecule has 1 aliphatic heterocycles. The van der Waals surface area contributed by atoms with Gasteiger partial charge in [0.1, 0.15) is 0 Å². The first-order valence-electron chi connectivity index (χ1n) is 3.26. The summed E-state index contributed by atoms with van der Waals surface area (Å²) in [4.78, 5) is 9.58. The molecule has 0 amide bonds. The van der Waals surface area contributed by atoms with E-state index in [0.29, 0.717) is 6.61 Å². The molecule has 0 N–H and O–H groups in total. The maximum Gasteiger partial charge on any atom is 0.193 e. The Morgan fingerprint density at radius 1 is 1.56 bits per heavy atom. The molecule has 54 valence electrons. The molecule has 0 unspecified atom stereocenters. The van der Waals surface area contributed by atoms with Gasteiger partial charge in [0, 0.05) is 13.0 Å². The summed E-state index contributed by atoms with van der Waals surface area (Å²) >= 11 is 0. The van der Waals surface area contributed by atoms with E-state index in [1.165, 1.54) is 0 Å². The standard InChI is InChI=1S/C6H12O3/c1-3-7-6-4-5(2)8-9-6/h5-6H,3-4H2,1-2H3/t5-,6+/m0/s1. The van der Waals surface area contributed by atoms with Gasteiger partial charge in [-0.1, -0.05) is 0 Å². The molecular formula is C6H12O3. The summed E-state index contributed by atoms with van der Waals surface area (Å²) in [6.07, 6.45) is 0.889. The smallest absolute Gasteiger partial charge is 0.193 e. The first kappa shape index (κ1) is 6.99. The predicted octanol–water partition coefficient (Wildman–Crippen LogP) is 1.09. The van der Waals surface area contributed by atoms with Crippen LogP contribution in [-0.2, 0) is 14.5 Å². The lowest BCUT2D eigenvalue weighted by Crippen LogP contribution is -2.10. The lowest BCUT2D eigenvalue weighted by Gasteiger charge is -2.03. The van der Waals surface area contributed by atoms with Crippen LogP contribution < -0.4 is 0 Å². The van der Waals surface area contributed by atoms with Crippen LogP contribution in [0.25, 0.3) is 0 Å². The Hall–Kier alpha value is -0.120. The lowest BCUT2D eigenvalue weighted by molar-refractivity contribution is -0.339. The van der Waals surface area contributed by atoms with Crippen molar-refractivity contribution in [2.45, 2.75) is 32.7 Å². The van der Waals surface area contributed by atoms with Gasteiger partial charge < -0.3 is 4.74 Å². The van der Waals surface area contributed by atoms with E-state index in [0.717, 1.165) is 6.42 Å². The van der Waals surface area contributed by atoms with Gasteiger partial charge in [0.2, 0.25) is 0 Å². The zero-order valence-electron chi connectivity index (χ0n) is 5.79. The fourth-order valence-corrected chi connectivity index (χ4v) is 0.788. The molecule has 1 rings (SSSR count). The predicted molar refractivity (Wildman–Crippen MR) is 31.7 cm³/mol. The average molecular weight is 132 g/mol. The van der Waals surface area contributed by atoms with Crippen molar-refractivity contribution < 1.29 is 14.5 Å². The fourth-order valence-electron chi connectivity index (χ4n) is 0.788. The van der Waals surface area contributed by atoms with Crippen LogP contribution in [0, 0.1) is 0 Å². The minimum absolute atomic E-state index is 0.134. The lowest BCUT2D eigenvalue weighted by atomic mass is 10.3. The first-order valence-corrected chi connectivity index (χ1v) is 3.26. The number of hydrogen-bond donors (Lipinski definition) is 0. The maximum atomic E-state index is 5.13. The molecule has 0 bridgehead atoms. The van der Waals surface area contributed by atoms with E-state index in [2.05, 4.69) is 0 Å². The molecule has 0 aromatic heterocycles. The van der Waals surface area contributed by atoms with Gasteiger partial charge in [-0.3, -0.25) is 0 Å². The summed E-state index contributed by atoms with van der Waals surface area (Å²) in [7, 11) is 0. The highest BCUT2D eigenvalue weighted by Crippen LogP contribution is 2.16. The largest absolute Gasteiger partial charge is 0.350 e. The van der Waals surface area contributed by atoms with Gasteiger partial charge in [0.25, 0.3) is 0 Å². The Morgan fingerprint density at radius 3 is 2.78 bits per heavy atom. The third-order valence-corrected chi connectivity index (χ3v) is 1.20. The molecular weight excluding hydrogens is 120 g/mol. The van der Waals surface area contributed by atoms with Gasteiger partial charge >= 0.3 is 0 Å². The second-order valence-corrected chi connectivity index (χ2v) is 2.12. The normalized spacial score (nSPS) is 35.3. The van der Waals surface area contributed by atoms with Crippen molar-refractivity contribution in [3.63, 3.8) is 0 Å². The summed E-state index contributed by atoms with van der Waals surface area (Å²) in [5.41, 5.74) is 0. The van der Waals surface area contributed by atoms with Gasteiger partial charge in [-0.15, -0.1) is 0 Å². The first-order chi connectivity index (χ1) is 4.33. The second kappa shape index (κ2) is 3.15. The van der Waals surface area contributed by atoms with E-state index in [4.69, 9.17) is 14.5 Å². The summed E-state index contributed by atoms with van der Waals surface area (Å²) in [6.45, 7) is 4.58. The van der Waals surface area contributed by atoms with Gasteiger partial charge in [-0.05, 0) is 13.8 Å². The molecule has 1 saturated heterocycles. The van der Waals surface area contributed by atoms with Crippen molar-refractivity contribution in [1.82, 2.24) is 0 Å². The molecule has 1 fully saturated rings. The Kier molecular flexibility index (Phi) is 2.45. The summed E-state index contributed by atoms with van der Waals surface area (Å²) in [5, 5.41) is 0. The Bertz CT molecular complexity index is 82.4. The van der Waals surface area contributed by atoms with E-state index in [1.807, 2.05) is 13.8 Å². The fraction of sp³-hybridized carbons (Fsp3) is 1.00. The molecule has 1 heterocycles. The third-order valence-electron chi connectivity index (χ3n) is 1.20. The zero-order valence-corrected chi connectivity index (χ0v) is 5.79. The second-order valence-electron chi connectivity index (χ2n) is 2.12. The molecule has 9 heavy (non-hydrogen) atoms. The van der Waals surface area contributed by atoms with E-state index in [-0.39, 0.29) is 12.4 Å². The molecule has 0 radical (unpaired) electrons. The van der Waals surface area contributed by atoms with Crippen molar-refractivity contribution in [2.24, 2.45) is 0 Å². The SMILES string of the molecule is CCO[C@H]1C[C@H](C)OO1. The molecule has 1 aliphatic rings. The van der Waals surface area contributed by atoms with Crippen LogP contribution in [0.5, 0.6) is 0 Å². The highest BCUT2D eigenvalue weighted by atomic mass is 17.2. The van der Waals surface area contributed by atoms with Crippen LogP contribution in [0.2, 0.25) is 0 Å². The van der Waals surface area contributed by atoms with Crippen LogP contribution in [0.4, 0.5) is 0 Å². The topological polar surface area (TPSA) is 27.7 Å². The van der Waals surface area contributed by atoms with E-state index in [9.17, 15) is 0 Å². The van der Waals surface area contributed by atoms with Crippen LogP contribution in [0.3, 0.4) is 0 Å². The van der Waals surface area contributed by atoms with Crippen molar-refractivity contribution in [3.8, 4) is 0 Å². The van der Waals surface area contributed by atoms with Gasteiger partial charge in [0.05, 0.1) is 6.10 Å². The monoisotopic (exact) mass is 132 g/mol. The molecule has 3 heteroatoms. The quantitative estimate of drug-likeness (QED) is 0.526. The maximum absolute atomic E-state index is 5.13. The Balaban J connectivity index is 2.14. The summed E-state index contributed by atoms with van der Waals surface area (Å²) < 4.78 is 5.13. The van der Waals surface area contributed by atoms with E-state index in [1.54, 1.807) is 0 Å². The minimum Gasteiger partial charge on any atom is -0.350 e. The van der Waals surface area contributed by atoms with Crippen molar-refractivity contribution in [2.75, 3.05) is 6.61 Å². The third kappa shape index (κ3) is 1.93. The minimum atomic E-state index is -0.134. The number of ether oxygens (including phenoxy) is 1. The van der Waals surface area contributed by atoms with Crippen molar-refractivity contribution in [1.29, 1.82) is 0 Å². The average Bonchev–Trinajstić information content (AvgIpc) is 2.17. The summed E-state index contributed by atoms with van der Waals surface area (Å²) in [6, 6.07) is 0. The van der Waals surface area contributed by atoms with Crippen molar-refractivity contribution >= 4 is 0 Å². The Labute approximate surface area is 54.8 Å². The highest BCUT2D eigenvalue weighted by molar-refractivity contribution is 4.55. The summed E-state index contributed by atoms with van der Waals surface area (Å²) in [5.74, 6) is 0. The van der Waals surface area contributed by atoms with Gasteiger partial charge in [-0.2, -0.15) is 0 Å².